The largest absolute Gasteiger partial charge is 0.353 e. The standard InChI is InChI=1S/C8H15IO2/c1-3-10-8(11-4-2)6-5-7-9/h5,7-8H,3-4,6H2,1-2H3/b7-5-. The number of hydrogen-bond donors (Lipinski definition) is 0. The molecular weight excluding hydrogens is 255 g/mol. The first-order valence-electron chi connectivity index (χ1n) is 3.83. The molecule has 0 rings (SSSR count). The Labute approximate surface area is 82.1 Å². The SMILES string of the molecule is CCOC(C/C=C\I)OCC. The lowest BCUT2D eigenvalue weighted by molar-refractivity contribution is -0.133. The normalized spacial score (nSPS) is 11.6. The highest BCUT2D eigenvalue weighted by atomic mass is 127. The van der Waals surface area contributed by atoms with E-state index in [1.807, 2.05) is 24.0 Å². The van der Waals surface area contributed by atoms with Gasteiger partial charge in [0.25, 0.3) is 0 Å². The summed E-state index contributed by atoms with van der Waals surface area (Å²) >= 11 is 2.19. The molecule has 0 aromatic heterocycles. The van der Waals surface area contributed by atoms with Crippen LogP contribution in [0.4, 0.5) is 0 Å². The summed E-state index contributed by atoms with van der Waals surface area (Å²) in [5.74, 6) is 0. The quantitative estimate of drug-likeness (QED) is 0.545. The summed E-state index contributed by atoms with van der Waals surface area (Å²) in [5, 5.41) is 0. The van der Waals surface area contributed by atoms with Gasteiger partial charge in [0.05, 0.1) is 0 Å². The molecule has 0 aromatic carbocycles. The van der Waals surface area contributed by atoms with Gasteiger partial charge in [-0.15, -0.1) is 0 Å². The lowest BCUT2D eigenvalue weighted by Gasteiger charge is -2.14. The minimum atomic E-state index is -0.0592. The first-order chi connectivity index (χ1) is 5.35. The second kappa shape index (κ2) is 8.49. The van der Waals surface area contributed by atoms with E-state index < -0.39 is 0 Å². The lowest BCUT2D eigenvalue weighted by Crippen LogP contribution is -2.15. The maximum atomic E-state index is 5.31. The van der Waals surface area contributed by atoms with Gasteiger partial charge in [-0.05, 0) is 17.9 Å². The summed E-state index contributed by atoms with van der Waals surface area (Å²) in [5.41, 5.74) is 0. The second-order valence-corrected chi connectivity index (χ2v) is 2.66. The van der Waals surface area contributed by atoms with Crippen LogP contribution < -0.4 is 0 Å². The van der Waals surface area contributed by atoms with Gasteiger partial charge in [0, 0.05) is 19.6 Å². The maximum Gasteiger partial charge on any atom is 0.160 e. The molecule has 0 N–H and O–H groups in total. The fraction of sp³-hybridized carbons (Fsp3) is 0.750. The van der Waals surface area contributed by atoms with E-state index in [0.29, 0.717) is 13.2 Å². The fourth-order valence-corrected chi connectivity index (χ4v) is 1.01. The first-order valence-corrected chi connectivity index (χ1v) is 5.08. The van der Waals surface area contributed by atoms with Gasteiger partial charge in [-0.25, -0.2) is 0 Å². The van der Waals surface area contributed by atoms with E-state index >= 15 is 0 Å². The van der Waals surface area contributed by atoms with Gasteiger partial charge < -0.3 is 9.47 Å². The minimum absolute atomic E-state index is 0.0592. The molecule has 0 aliphatic heterocycles. The number of rotatable bonds is 6. The van der Waals surface area contributed by atoms with Crippen molar-refractivity contribution in [1.82, 2.24) is 0 Å². The van der Waals surface area contributed by atoms with Crippen molar-refractivity contribution in [3.8, 4) is 0 Å². The summed E-state index contributed by atoms with van der Waals surface area (Å²) in [6.45, 7) is 5.36. The Hall–Kier alpha value is 0.390. The monoisotopic (exact) mass is 270 g/mol. The average molecular weight is 270 g/mol. The van der Waals surface area contributed by atoms with Crippen molar-refractivity contribution in [3.05, 3.63) is 10.2 Å². The van der Waals surface area contributed by atoms with Crippen LogP contribution in [0.3, 0.4) is 0 Å². The molecule has 0 atom stereocenters. The molecule has 11 heavy (non-hydrogen) atoms. The summed E-state index contributed by atoms with van der Waals surface area (Å²) in [6, 6.07) is 0. The number of hydrogen-bond acceptors (Lipinski definition) is 2. The summed E-state index contributed by atoms with van der Waals surface area (Å²) in [4.78, 5) is 0. The summed E-state index contributed by atoms with van der Waals surface area (Å²) in [7, 11) is 0. The molecule has 0 saturated carbocycles. The van der Waals surface area contributed by atoms with Gasteiger partial charge in [-0.3, -0.25) is 0 Å². The first kappa shape index (κ1) is 11.4. The molecule has 0 aromatic rings. The highest BCUT2D eigenvalue weighted by Gasteiger charge is 2.03. The summed E-state index contributed by atoms with van der Waals surface area (Å²) in [6.07, 6.45) is 2.82. The van der Waals surface area contributed by atoms with Gasteiger partial charge in [-0.1, -0.05) is 28.7 Å². The van der Waals surface area contributed by atoms with E-state index in [-0.39, 0.29) is 6.29 Å². The molecule has 0 spiro atoms. The van der Waals surface area contributed by atoms with Gasteiger partial charge in [-0.2, -0.15) is 0 Å². The molecule has 3 heteroatoms. The molecule has 66 valence electrons. The van der Waals surface area contributed by atoms with E-state index in [0.717, 1.165) is 6.42 Å². The summed E-state index contributed by atoms with van der Waals surface area (Å²) < 4.78 is 12.6. The third kappa shape index (κ3) is 6.77. The van der Waals surface area contributed by atoms with Crippen LogP contribution in [0.5, 0.6) is 0 Å². The molecule has 0 aliphatic carbocycles. The molecule has 0 unspecified atom stereocenters. The molecule has 0 radical (unpaired) electrons. The third-order valence-electron chi connectivity index (χ3n) is 1.12. The van der Waals surface area contributed by atoms with Crippen LogP contribution in [-0.4, -0.2) is 19.5 Å². The van der Waals surface area contributed by atoms with Crippen molar-refractivity contribution in [2.45, 2.75) is 26.6 Å². The smallest absolute Gasteiger partial charge is 0.160 e. The molecule has 0 aliphatic rings. The van der Waals surface area contributed by atoms with Crippen molar-refractivity contribution >= 4 is 22.6 Å². The van der Waals surface area contributed by atoms with Crippen molar-refractivity contribution in [2.24, 2.45) is 0 Å². The van der Waals surface area contributed by atoms with Crippen LogP contribution in [0.1, 0.15) is 20.3 Å². The Bertz CT molecular complexity index is 98.3. The lowest BCUT2D eigenvalue weighted by atomic mass is 10.4. The number of halogens is 1. The van der Waals surface area contributed by atoms with Crippen molar-refractivity contribution in [2.75, 3.05) is 13.2 Å². The van der Waals surface area contributed by atoms with Gasteiger partial charge in [0.2, 0.25) is 0 Å². The highest BCUT2D eigenvalue weighted by Crippen LogP contribution is 2.02. The van der Waals surface area contributed by atoms with E-state index in [9.17, 15) is 0 Å². The zero-order valence-electron chi connectivity index (χ0n) is 7.05. The van der Waals surface area contributed by atoms with Crippen molar-refractivity contribution < 1.29 is 9.47 Å². The van der Waals surface area contributed by atoms with Crippen LogP contribution in [0.2, 0.25) is 0 Å². The third-order valence-corrected chi connectivity index (χ3v) is 1.63. The topological polar surface area (TPSA) is 18.5 Å². The minimum Gasteiger partial charge on any atom is -0.353 e. The van der Waals surface area contributed by atoms with Gasteiger partial charge >= 0.3 is 0 Å². The Morgan fingerprint density at radius 1 is 1.27 bits per heavy atom. The Morgan fingerprint density at radius 2 is 1.82 bits per heavy atom. The van der Waals surface area contributed by atoms with Crippen LogP contribution in [0.15, 0.2) is 10.2 Å². The fourth-order valence-electron chi connectivity index (χ4n) is 0.719. The average Bonchev–Trinajstić information content (AvgIpc) is 2.01. The van der Waals surface area contributed by atoms with Crippen LogP contribution in [0.25, 0.3) is 0 Å². The van der Waals surface area contributed by atoms with Crippen LogP contribution in [-0.2, 0) is 9.47 Å². The van der Waals surface area contributed by atoms with Gasteiger partial charge in [0.15, 0.2) is 6.29 Å². The van der Waals surface area contributed by atoms with E-state index in [1.54, 1.807) is 0 Å². The second-order valence-electron chi connectivity index (χ2n) is 1.94. The van der Waals surface area contributed by atoms with E-state index in [4.69, 9.17) is 9.47 Å². The molecule has 0 amide bonds. The maximum absolute atomic E-state index is 5.31. The molecule has 2 nitrogen and oxygen atoms in total. The Kier molecular flexibility index (Phi) is 8.79. The zero-order chi connectivity index (χ0) is 8.53. The zero-order valence-corrected chi connectivity index (χ0v) is 9.21. The molecule has 0 bridgehead atoms. The molecule has 0 saturated heterocycles. The van der Waals surface area contributed by atoms with Crippen LogP contribution in [0, 0.1) is 0 Å². The van der Waals surface area contributed by atoms with Crippen molar-refractivity contribution in [1.29, 1.82) is 0 Å². The highest BCUT2D eigenvalue weighted by molar-refractivity contribution is 14.1. The molecule has 0 heterocycles. The van der Waals surface area contributed by atoms with Crippen LogP contribution >= 0.6 is 22.6 Å². The predicted octanol–water partition coefficient (Wildman–Crippen LogP) is 2.72. The van der Waals surface area contributed by atoms with Crippen molar-refractivity contribution in [3.63, 3.8) is 0 Å². The molecule has 0 fully saturated rings. The van der Waals surface area contributed by atoms with E-state index in [1.165, 1.54) is 0 Å². The Balaban J connectivity index is 3.50. The van der Waals surface area contributed by atoms with Gasteiger partial charge in [0.1, 0.15) is 0 Å². The number of ether oxygens (including phenoxy) is 2. The Morgan fingerprint density at radius 3 is 2.18 bits per heavy atom. The predicted molar refractivity (Wildman–Crippen MR) is 54.8 cm³/mol. The molecular formula is C8H15IO2. The van der Waals surface area contributed by atoms with E-state index in [2.05, 4.69) is 22.6 Å².